The molecule has 13 heteroatoms. The van der Waals surface area contributed by atoms with E-state index in [9.17, 15) is 28.8 Å². The molecule has 4 aliphatic rings. The summed E-state index contributed by atoms with van der Waals surface area (Å²) in [6.07, 6.45) is 0.886. The minimum atomic E-state index is -1.02. The number of likely N-dealkylation sites (tertiary alicyclic amines) is 1. The molecule has 0 aliphatic carbocycles. The topological polar surface area (TPSA) is 155 Å². The minimum Gasteiger partial charge on any atom is -0.444 e. The van der Waals surface area contributed by atoms with Crippen LogP contribution in [0.2, 0.25) is 0 Å². The van der Waals surface area contributed by atoms with Gasteiger partial charge < -0.3 is 19.7 Å². The van der Waals surface area contributed by atoms with Gasteiger partial charge in [-0.1, -0.05) is 12.1 Å². The van der Waals surface area contributed by atoms with E-state index in [4.69, 9.17) is 9.47 Å². The average molecular weight is 598 g/mol. The highest BCUT2D eigenvalue weighted by atomic mass is 16.6. The fourth-order valence-corrected chi connectivity index (χ4v) is 6.08. The third kappa shape index (κ3) is 7.04. The molecule has 0 radical (unpaired) electrons. The van der Waals surface area contributed by atoms with Crippen LogP contribution in [-0.2, 0) is 30.4 Å². The van der Waals surface area contributed by atoms with Crippen molar-refractivity contribution in [1.29, 1.82) is 0 Å². The van der Waals surface area contributed by atoms with Gasteiger partial charge in [0, 0.05) is 45.2 Å². The van der Waals surface area contributed by atoms with Crippen LogP contribution in [0.15, 0.2) is 18.2 Å². The molecule has 0 saturated carbocycles. The second kappa shape index (κ2) is 12.4. The van der Waals surface area contributed by atoms with E-state index in [0.29, 0.717) is 57.7 Å². The Hall–Kier alpha value is -3.84. The third-order valence-electron chi connectivity index (χ3n) is 8.14. The Balaban J connectivity index is 1.15. The molecule has 2 N–H and O–H groups in total. The van der Waals surface area contributed by atoms with Crippen LogP contribution in [-0.4, -0.2) is 107 Å². The molecule has 1 aromatic carbocycles. The second-order valence-electron chi connectivity index (χ2n) is 12.5. The quantitative estimate of drug-likeness (QED) is 0.460. The zero-order valence-electron chi connectivity index (χ0n) is 24.8. The number of benzene rings is 1. The van der Waals surface area contributed by atoms with Gasteiger partial charge in [0.05, 0.1) is 30.3 Å². The molecule has 4 heterocycles. The number of carbonyl (C=O) groups is 6. The number of fused-ring (bicyclic) bond motifs is 1. The van der Waals surface area contributed by atoms with Crippen LogP contribution < -0.4 is 10.6 Å². The molecule has 3 saturated heterocycles. The lowest BCUT2D eigenvalue weighted by Crippen LogP contribution is -2.54. The lowest BCUT2D eigenvalue weighted by molar-refractivity contribution is -0.138. The van der Waals surface area contributed by atoms with Crippen molar-refractivity contribution >= 4 is 35.6 Å². The number of hydrogen-bond donors (Lipinski definition) is 2. The van der Waals surface area contributed by atoms with Crippen molar-refractivity contribution in [3.63, 3.8) is 0 Å². The summed E-state index contributed by atoms with van der Waals surface area (Å²) in [6.45, 7) is 8.37. The van der Waals surface area contributed by atoms with Crippen LogP contribution in [0.1, 0.15) is 79.2 Å². The molecule has 5 rings (SSSR count). The first-order valence-corrected chi connectivity index (χ1v) is 14.8. The molecule has 0 aromatic heterocycles. The van der Waals surface area contributed by atoms with Crippen LogP contribution in [0.4, 0.5) is 4.79 Å². The number of hydrogen-bond acceptors (Lipinski definition) is 9. The molecule has 6 amide bonds. The summed E-state index contributed by atoms with van der Waals surface area (Å²) in [5, 5.41) is 5.10. The number of carbonyl (C=O) groups excluding carboxylic acids is 6. The van der Waals surface area contributed by atoms with Gasteiger partial charge in [-0.15, -0.1) is 0 Å². The minimum absolute atomic E-state index is 0.0103. The molecule has 0 bridgehead atoms. The number of piperidine rings is 2. The maximum absolute atomic E-state index is 13.4. The molecule has 43 heavy (non-hydrogen) atoms. The highest BCUT2D eigenvalue weighted by Gasteiger charge is 2.45. The lowest BCUT2D eigenvalue weighted by atomic mass is 10.0. The first kappa shape index (κ1) is 30.6. The Morgan fingerprint density at radius 2 is 1.79 bits per heavy atom. The molecule has 3 fully saturated rings. The number of rotatable bonds is 6. The molecule has 13 nitrogen and oxygen atoms in total. The molecule has 0 spiro atoms. The number of nitrogens with zero attached hydrogens (tertiary/aromatic N) is 3. The lowest BCUT2D eigenvalue weighted by Gasteiger charge is -2.36. The van der Waals surface area contributed by atoms with Crippen LogP contribution >= 0.6 is 0 Å². The third-order valence-corrected chi connectivity index (χ3v) is 8.14. The van der Waals surface area contributed by atoms with E-state index in [1.807, 2.05) is 20.8 Å². The van der Waals surface area contributed by atoms with Gasteiger partial charge in [0.1, 0.15) is 11.6 Å². The fraction of sp³-hybridized carbons (Fsp3) is 0.600. The van der Waals surface area contributed by atoms with Gasteiger partial charge in [0.25, 0.3) is 11.8 Å². The molecule has 4 aliphatic heterocycles. The van der Waals surface area contributed by atoms with Crippen LogP contribution in [0.3, 0.4) is 0 Å². The number of morpholine rings is 1. The summed E-state index contributed by atoms with van der Waals surface area (Å²) in [5.41, 5.74) is 0.617. The summed E-state index contributed by atoms with van der Waals surface area (Å²) >= 11 is 0. The number of imide groups is 2. The Kier molecular flexibility index (Phi) is 8.84. The second-order valence-corrected chi connectivity index (χ2v) is 12.5. The summed E-state index contributed by atoms with van der Waals surface area (Å²) in [5.74, 6) is -2.14. The predicted molar refractivity (Wildman–Crippen MR) is 152 cm³/mol. The van der Waals surface area contributed by atoms with Crippen molar-refractivity contribution in [2.75, 3.05) is 32.8 Å². The molecular weight excluding hydrogens is 558 g/mol. The summed E-state index contributed by atoms with van der Waals surface area (Å²) < 4.78 is 11.2. The SMILES string of the molecule is CC(C)(C)OC(=O)NC1CCN(C(=O)C[C@@H]2CN(Cc3cccc4c3C(=O)N(C3CCC(=O)NC3=O)C4=O)CCO2)CC1. The van der Waals surface area contributed by atoms with E-state index >= 15 is 0 Å². The molecule has 232 valence electrons. The maximum atomic E-state index is 13.4. The van der Waals surface area contributed by atoms with E-state index in [-0.39, 0.29) is 48.4 Å². The van der Waals surface area contributed by atoms with E-state index in [0.717, 1.165) is 4.90 Å². The van der Waals surface area contributed by atoms with Crippen molar-refractivity contribution in [2.45, 2.75) is 83.2 Å². The van der Waals surface area contributed by atoms with Crippen LogP contribution in [0.5, 0.6) is 0 Å². The van der Waals surface area contributed by atoms with Gasteiger partial charge in [-0.3, -0.25) is 39.1 Å². The van der Waals surface area contributed by atoms with Crippen molar-refractivity contribution in [3.8, 4) is 0 Å². The van der Waals surface area contributed by atoms with E-state index in [1.54, 1.807) is 23.1 Å². The van der Waals surface area contributed by atoms with Crippen molar-refractivity contribution in [2.24, 2.45) is 0 Å². The number of amides is 6. The van der Waals surface area contributed by atoms with E-state index < -0.39 is 41.4 Å². The van der Waals surface area contributed by atoms with Crippen LogP contribution in [0, 0.1) is 0 Å². The number of alkyl carbamates (subject to hydrolysis) is 1. The van der Waals surface area contributed by atoms with Gasteiger partial charge in [0.2, 0.25) is 17.7 Å². The van der Waals surface area contributed by atoms with Gasteiger partial charge >= 0.3 is 6.09 Å². The summed E-state index contributed by atoms with van der Waals surface area (Å²) in [4.78, 5) is 80.7. The van der Waals surface area contributed by atoms with Gasteiger partial charge in [-0.2, -0.15) is 0 Å². The zero-order chi connectivity index (χ0) is 30.9. The van der Waals surface area contributed by atoms with E-state index in [1.165, 1.54) is 0 Å². The first-order valence-electron chi connectivity index (χ1n) is 14.8. The van der Waals surface area contributed by atoms with Crippen molar-refractivity contribution in [3.05, 3.63) is 34.9 Å². The average Bonchev–Trinajstić information content (AvgIpc) is 3.18. The summed E-state index contributed by atoms with van der Waals surface area (Å²) in [7, 11) is 0. The smallest absolute Gasteiger partial charge is 0.407 e. The largest absolute Gasteiger partial charge is 0.444 e. The zero-order valence-corrected chi connectivity index (χ0v) is 24.8. The Morgan fingerprint density at radius 3 is 2.49 bits per heavy atom. The van der Waals surface area contributed by atoms with Crippen molar-refractivity contribution < 1.29 is 38.2 Å². The van der Waals surface area contributed by atoms with Gasteiger partial charge in [0.15, 0.2) is 0 Å². The predicted octanol–water partition coefficient (Wildman–Crippen LogP) is 1.19. The van der Waals surface area contributed by atoms with Gasteiger partial charge in [-0.25, -0.2) is 4.79 Å². The summed E-state index contributed by atoms with van der Waals surface area (Å²) in [6, 6.07) is 4.03. The Bertz CT molecular complexity index is 1320. The standard InChI is InChI=1S/C30H39N5O8/c1-30(2,3)43-29(41)31-19-9-11-34(12-10-19)24(37)15-20-17-33(13-14-42-20)16-18-5-4-6-21-25(18)28(40)35(27(21)39)22-7-8-23(36)32-26(22)38/h4-6,19-20,22H,7-17H2,1-3H3,(H,31,41)(H,32,36,38)/t20-,22?/m1/s1. The molecule has 2 atom stereocenters. The highest BCUT2D eigenvalue weighted by molar-refractivity contribution is 6.24. The molecule has 1 aromatic rings. The van der Waals surface area contributed by atoms with Gasteiger partial charge in [-0.05, 0) is 51.7 Å². The first-order chi connectivity index (χ1) is 20.4. The molecular formula is C30H39N5O8. The fourth-order valence-electron chi connectivity index (χ4n) is 6.08. The van der Waals surface area contributed by atoms with E-state index in [2.05, 4.69) is 15.5 Å². The number of ether oxygens (including phenoxy) is 2. The van der Waals surface area contributed by atoms with Crippen molar-refractivity contribution in [1.82, 2.24) is 25.3 Å². The Morgan fingerprint density at radius 1 is 1.05 bits per heavy atom. The highest BCUT2D eigenvalue weighted by Crippen LogP contribution is 2.31. The Labute approximate surface area is 250 Å². The monoisotopic (exact) mass is 597 g/mol. The molecule has 1 unspecified atom stereocenters. The van der Waals surface area contributed by atoms with Crippen LogP contribution in [0.25, 0.3) is 0 Å². The maximum Gasteiger partial charge on any atom is 0.407 e. The normalized spacial score (nSPS) is 23.7. The number of nitrogens with one attached hydrogen (secondary N) is 2.